The van der Waals surface area contributed by atoms with E-state index < -0.39 is 17.4 Å². The van der Waals surface area contributed by atoms with Crippen LogP contribution >= 0.6 is 12.4 Å². The Bertz CT molecular complexity index is 209. The average molecular weight is 217 g/mol. The number of nitrogens with one attached hydrogen (secondary N) is 2. The molecule has 1 amide bonds. The van der Waals surface area contributed by atoms with Crippen LogP contribution in [0.4, 0.5) is 8.78 Å². The van der Waals surface area contributed by atoms with E-state index in [0.29, 0.717) is 0 Å². The van der Waals surface area contributed by atoms with Crippen LogP contribution < -0.4 is 10.6 Å². The number of halogens is 3. The van der Waals surface area contributed by atoms with Gasteiger partial charge in [0.15, 0.2) is 5.60 Å². The van der Waals surface area contributed by atoms with Gasteiger partial charge in [0.05, 0.1) is 0 Å². The van der Waals surface area contributed by atoms with Gasteiger partial charge in [-0.05, 0) is 0 Å². The molecule has 7 heteroatoms. The van der Waals surface area contributed by atoms with E-state index in [0.717, 1.165) is 7.05 Å². The Balaban J connectivity index is 0.00000144. The van der Waals surface area contributed by atoms with Gasteiger partial charge in [-0.25, -0.2) is 0 Å². The van der Waals surface area contributed by atoms with Crippen molar-refractivity contribution in [2.24, 2.45) is 0 Å². The topological polar surface area (TPSA) is 61.4 Å². The maximum absolute atomic E-state index is 12.9. The van der Waals surface area contributed by atoms with Crippen molar-refractivity contribution in [1.29, 1.82) is 0 Å². The van der Waals surface area contributed by atoms with Gasteiger partial charge in [-0.2, -0.15) is 8.78 Å². The minimum absolute atomic E-state index is 0. The fraction of sp³-hybridized carbons (Fsp3) is 0.833. The van der Waals surface area contributed by atoms with Crippen molar-refractivity contribution in [2.45, 2.75) is 11.5 Å². The highest BCUT2D eigenvalue weighted by Crippen LogP contribution is 2.31. The van der Waals surface area contributed by atoms with Gasteiger partial charge >= 0.3 is 5.92 Å². The lowest BCUT2D eigenvalue weighted by Crippen LogP contribution is -2.72. The second-order valence-electron chi connectivity index (χ2n) is 2.79. The number of alkyl halides is 2. The Labute approximate surface area is 80.1 Å². The molecule has 4 nitrogen and oxygen atoms in total. The summed E-state index contributed by atoms with van der Waals surface area (Å²) in [6.45, 7) is -0.513. The molecule has 1 fully saturated rings. The van der Waals surface area contributed by atoms with E-state index in [1.54, 1.807) is 5.32 Å². The number of hydrogen-bond acceptors (Lipinski definition) is 3. The minimum Gasteiger partial charge on any atom is -0.380 e. The molecule has 1 aliphatic rings. The zero-order chi connectivity index (χ0) is 9.41. The van der Waals surface area contributed by atoms with E-state index >= 15 is 0 Å². The van der Waals surface area contributed by atoms with E-state index in [9.17, 15) is 13.6 Å². The Morgan fingerprint density at radius 1 is 1.62 bits per heavy atom. The maximum atomic E-state index is 12.9. The molecule has 0 bridgehead atoms. The van der Waals surface area contributed by atoms with Crippen molar-refractivity contribution in [2.75, 3.05) is 20.1 Å². The van der Waals surface area contributed by atoms with E-state index in [1.807, 2.05) is 0 Å². The highest BCUT2D eigenvalue weighted by atomic mass is 35.5. The van der Waals surface area contributed by atoms with Crippen LogP contribution in [-0.2, 0) is 4.79 Å². The first-order chi connectivity index (χ1) is 5.44. The van der Waals surface area contributed by atoms with Crippen molar-refractivity contribution < 1.29 is 18.7 Å². The Hall–Kier alpha value is -0.460. The molecule has 0 saturated carbocycles. The van der Waals surface area contributed by atoms with E-state index in [2.05, 4.69) is 5.32 Å². The summed E-state index contributed by atoms with van der Waals surface area (Å²) in [6, 6.07) is 0. The Morgan fingerprint density at radius 3 is 2.31 bits per heavy atom. The number of hydrogen-bond donors (Lipinski definition) is 3. The lowest BCUT2D eigenvalue weighted by atomic mass is 9.89. The molecule has 1 saturated heterocycles. The van der Waals surface area contributed by atoms with Crippen molar-refractivity contribution in [1.82, 2.24) is 10.6 Å². The third-order valence-corrected chi connectivity index (χ3v) is 1.93. The molecule has 78 valence electrons. The van der Waals surface area contributed by atoms with Crippen molar-refractivity contribution >= 4 is 18.3 Å². The fourth-order valence-corrected chi connectivity index (χ4v) is 0.952. The van der Waals surface area contributed by atoms with Crippen molar-refractivity contribution in [3.63, 3.8) is 0 Å². The van der Waals surface area contributed by atoms with Gasteiger partial charge in [-0.1, -0.05) is 0 Å². The number of β-amino-alcohol motifs (C(OH)–C–C–N with tert-alkyl or cyclic N) is 1. The summed E-state index contributed by atoms with van der Waals surface area (Å²) in [7, 11) is 1.10. The van der Waals surface area contributed by atoms with Gasteiger partial charge in [0, 0.05) is 20.1 Å². The van der Waals surface area contributed by atoms with Crippen LogP contribution in [0.2, 0.25) is 0 Å². The summed E-state index contributed by atoms with van der Waals surface area (Å²) in [5.74, 6) is -5.17. The standard InChI is InChI=1S/C6H10F2N2O2.ClH/c1-9-4(11)6(7,8)5(12)2-10-3-5;/h10,12H,2-3H2,1H3,(H,9,11);1H. The van der Waals surface area contributed by atoms with Crippen molar-refractivity contribution in [3.8, 4) is 0 Å². The number of amides is 1. The summed E-state index contributed by atoms with van der Waals surface area (Å²) in [5, 5.41) is 13.4. The summed E-state index contributed by atoms with van der Waals surface area (Å²) < 4.78 is 25.9. The third-order valence-electron chi connectivity index (χ3n) is 1.93. The maximum Gasteiger partial charge on any atom is 0.354 e. The SMILES string of the molecule is CNC(=O)C(F)(F)C1(O)CNC1.Cl. The molecule has 1 aliphatic heterocycles. The zero-order valence-electron chi connectivity index (χ0n) is 6.93. The summed E-state index contributed by atoms with van der Waals surface area (Å²) in [4.78, 5) is 10.6. The molecule has 3 N–H and O–H groups in total. The molecule has 0 aromatic rings. The molecule has 1 rings (SSSR count). The molecular formula is C6H11ClF2N2O2. The molecule has 0 radical (unpaired) electrons. The number of carbonyl (C=O) groups is 1. The summed E-state index contributed by atoms with van der Waals surface area (Å²) in [5.41, 5.74) is -2.22. The lowest BCUT2D eigenvalue weighted by Gasteiger charge is -2.41. The quantitative estimate of drug-likeness (QED) is 0.562. The van der Waals surface area contributed by atoms with Crippen LogP contribution in [0.1, 0.15) is 0 Å². The van der Waals surface area contributed by atoms with Crippen LogP contribution in [0.15, 0.2) is 0 Å². The normalized spacial score (nSPS) is 19.7. The molecule has 0 aromatic carbocycles. The Morgan fingerprint density at radius 2 is 2.08 bits per heavy atom. The highest BCUT2D eigenvalue weighted by molar-refractivity contribution is 5.85. The van der Waals surface area contributed by atoms with Crippen LogP contribution in [0, 0.1) is 0 Å². The van der Waals surface area contributed by atoms with Gasteiger partial charge in [-0.3, -0.25) is 4.79 Å². The molecular weight excluding hydrogens is 206 g/mol. The van der Waals surface area contributed by atoms with E-state index in [-0.39, 0.29) is 25.5 Å². The van der Waals surface area contributed by atoms with Crippen LogP contribution in [0.3, 0.4) is 0 Å². The smallest absolute Gasteiger partial charge is 0.354 e. The van der Waals surface area contributed by atoms with Crippen molar-refractivity contribution in [3.05, 3.63) is 0 Å². The largest absolute Gasteiger partial charge is 0.380 e. The fourth-order valence-electron chi connectivity index (χ4n) is 0.952. The van der Waals surface area contributed by atoms with Gasteiger partial charge in [0.1, 0.15) is 0 Å². The number of aliphatic hydroxyl groups is 1. The van der Waals surface area contributed by atoms with Crippen LogP contribution in [-0.4, -0.2) is 42.7 Å². The predicted molar refractivity (Wildman–Crippen MR) is 44.1 cm³/mol. The predicted octanol–water partition coefficient (Wildman–Crippen LogP) is -0.876. The van der Waals surface area contributed by atoms with E-state index in [1.165, 1.54) is 0 Å². The van der Waals surface area contributed by atoms with Crippen LogP contribution in [0.25, 0.3) is 0 Å². The number of rotatable bonds is 2. The monoisotopic (exact) mass is 216 g/mol. The lowest BCUT2D eigenvalue weighted by molar-refractivity contribution is -0.205. The van der Waals surface area contributed by atoms with Gasteiger partial charge in [-0.15, -0.1) is 12.4 Å². The average Bonchev–Trinajstić information content (AvgIpc) is 1.98. The van der Waals surface area contributed by atoms with Gasteiger partial charge < -0.3 is 15.7 Å². The zero-order valence-corrected chi connectivity index (χ0v) is 7.75. The summed E-state index contributed by atoms with van der Waals surface area (Å²) in [6.07, 6.45) is 0. The molecule has 0 spiro atoms. The molecule has 1 heterocycles. The summed E-state index contributed by atoms with van der Waals surface area (Å²) >= 11 is 0. The number of carbonyl (C=O) groups excluding carboxylic acids is 1. The van der Waals surface area contributed by atoms with E-state index in [4.69, 9.17) is 5.11 Å². The first-order valence-electron chi connectivity index (χ1n) is 3.47. The molecule has 13 heavy (non-hydrogen) atoms. The Kier molecular flexibility index (Phi) is 3.60. The first kappa shape index (κ1) is 12.5. The second kappa shape index (κ2) is 3.73. The first-order valence-corrected chi connectivity index (χ1v) is 3.47. The molecule has 0 aromatic heterocycles. The van der Waals surface area contributed by atoms with Gasteiger partial charge in [0.2, 0.25) is 0 Å². The molecule has 0 atom stereocenters. The second-order valence-corrected chi connectivity index (χ2v) is 2.79. The van der Waals surface area contributed by atoms with Crippen LogP contribution in [0.5, 0.6) is 0 Å². The van der Waals surface area contributed by atoms with Gasteiger partial charge in [0.25, 0.3) is 5.91 Å². The molecule has 0 unspecified atom stereocenters. The third kappa shape index (κ3) is 1.74. The molecule has 0 aliphatic carbocycles. The minimum atomic E-state index is -3.72. The highest BCUT2D eigenvalue weighted by Gasteiger charge is 2.61.